The van der Waals surface area contributed by atoms with Gasteiger partial charge in [0.15, 0.2) is 0 Å². The first-order valence-electron chi connectivity index (χ1n) is 5.79. The molecule has 0 unspecified atom stereocenters. The summed E-state index contributed by atoms with van der Waals surface area (Å²) >= 11 is 0. The van der Waals surface area contributed by atoms with Crippen molar-refractivity contribution >= 4 is 30.3 Å². The third kappa shape index (κ3) is 5.05. The molecule has 0 atom stereocenters. The van der Waals surface area contributed by atoms with Crippen LogP contribution in [0.1, 0.15) is 19.4 Å². The average molecular weight is 286 g/mol. The summed E-state index contributed by atoms with van der Waals surface area (Å²) in [5.41, 5.74) is 8.91. The summed E-state index contributed by atoms with van der Waals surface area (Å²) in [6.07, 6.45) is 1.42. The van der Waals surface area contributed by atoms with Gasteiger partial charge in [-0.05, 0) is 26.0 Å². The molecule has 0 aliphatic heterocycles. The molecule has 0 bridgehead atoms. The Morgan fingerprint density at radius 2 is 2.11 bits per heavy atom. The van der Waals surface area contributed by atoms with Crippen LogP contribution < -0.4 is 16.1 Å². The molecule has 1 rings (SSSR count). The Balaban J connectivity index is 0.00000324. The fourth-order valence-electron chi connectivity index (χ4n) is 1.60. The Bertz CT molecular complexity index is 446. The summed E-state index contributed by atoms with van der Waals surface area (Å²) in [7, 11) is 0. The van der Waals surface area contributed by atoms with Gasteiger partial charge in [0.1, 0.15) is 5.75 Å². The van der Waals surface area contributed by atoms with Gasteiger partial charge in [0.2, 0.25) is 5.96 Å². The standard InChI is InChI=1S/C12H19N5O.ClH/c1-3-17(4-2)10-6-5-9(11(18)7-10)8-15-16-12(13)14;/h5-8,18H,3-4H2,1-2H3,(H4,13,14,16);1H/b15-8+;. The second-order valence-corrected chi connectivity index (χ2v) is 3.70. The molecule has 1 aromatic carbocycles. The number of phenolic OH excluding ortho intramolecular Hbond substituents is 1. The number of phenols is 1. The molecule has 0 amide bonds. The second-order valence-electron chi connectivity index (χ2n) is 3.70. The number of halogens is 1. The number of anilines is 1. The Morgan fingerprint density at radius 3 is 2.58 bits per heavy atom. The minimum Gasteiger partial charge on any atom is -0.507 e. The molecule has 0 heterocycles. The van der Waals surface area contributed by atoms with Crippen molar-refractivity contribution in [2.24, 2.45) is 10.8 Å². The lowest BCUT2D eigenvalue weighted by Gasteiger charge is -2.21. The van der Waals surface area contributed by atoms with Gasteiger partial charge < -0.3 is 15.7 Å². The van der Waals surface area contributed by atoms with E-state index >= 15 is 0 Å². The SMILES string of the molecule is CCN(CC)c1ccc(/C=N/NC(=N)N)c(O)c1.Cl. The smallest absolute Gasteiger partial charge is 0.206 e. The molecule has 0 saturated carbocycles. The highest BCUT2D eigenvalue weighted by atomic mass is 35.5. The quantitative estimate of drug-likeness (QED) is 0.374. The van der Waals surface area contributed by atoms with E-state index in [1.54, 1.807) is 12.1 Å². The number of hydrogen-bond acceptors (Lipinski definition) is 4. The maximum Gasteiger partial charge on any atom is 0.206 e. The lowest BCUT2D eigenvalue weighted by Crippen LogP contribution is -2.25. The van der Waals surface area contributed by atoms with E-state index in [4.69, 9.17) is 11.1 Å². The van der Waals surface area contributed by atoms with Crippen molar-refractivity contribution in [1.82, 2.24) is 5.43 Å². The molecule has 6 nitrogen and oxygen atoms in total. The van der Waals surface area contributed by atoms with Gasteiger partial charge in [0, 0.05) is 30.4 Å². The number of benzene rings is 1. The normalized spacial score (nSPS) is 10.0. The van der Waals surface area contributed by atoms with Crippen LogP contribution in [0.3, 0.4) is 0 Å². The third-order valence-electron chi connectivity index (χ3n) is 2.53. The average Bonchev–Trinajstić information content (AvgIpc) is 2.33. The maximum atomic E-state index is 9.87. The van der Waals surface area contributed by atoms with E-state index in [1.165, 1.54) is 6.21 Å². The predicted molar refractivity (Wildman–Crippen MR) is 81.6 cm³/mol. The monoisotopic (exact) mass is 285 g/mol. The van der Waals surface area contributed by atoms with Gasteiger partial charge in [-0.3, -0.25) is 5.41 Å². The van der Waals surface area contributed by atoms with Crippen LogP contribution in [0, 0.1) is 5.41 Å². The van der Waals surface area contributed by atoms with Crippen LogP contribution in [0.25, 0.3) is 0 Å². The number of rotatable bonds is 5. The zero-order valence-corrected chi connectivity index (χ0v) is 11.9. The number of hydrazone groups is 1. The van der Waals surface area contributed by atoms with E-state index in [-0.39, 0.29) is 24.1 Å². The summed E-state index contributed by atoms with van der Waals surface area (Å²) in [4.78, 5) is 2.13. The highest BCUT2D eigenvalue weighted by Crippen LogP contribution is 2.23. The Morgan fingerprint density at radius 1 is 1.47 bits per heavy atom. The zero-order valence-electron chi connectivity index (χ0n) is 11.1. The van der Waals surface area contributed by atoms with Crippen LogP contribution in [-0.4, -0.2) is 30.4 Å². The van der Waals surface area contributed by atoms with Gasteiger partial charge in [-0.1, -0.05) is 0 Å². The number of nitrogens with one attached hydrogen (secondary N) is 2. The molecule has 0 saturated heterocycles. The van der Waals surface area contributed by atoms with E-state index < -0.39 is 0 Å². The van der Waals surface area contributed by atoms with E-state index in [0.29, 0.717) is 5.56 Å². The zero-order chi connectivity index (χ0) is 13.5. The van der Waals surface area contributed by atoms with Crippen molar-refractivity contribution < 1.29 is 5.11 Å². The first-order valence-corrected chi connectivity index (χ1v) is 5.79. The van der Waals surface area contributed by atoms with Gasteiger partial charge >= 0.3 is 0 Å². The fourth-order valence-corrected chi connectivity index (χ4v) is 1.60. The van der Waals surface area contributed by atoms with Crippen LogP contribution in [0.5, 0.6) is 5.75 Å². The molecule has 19 heavy (non-hydrogen) atoms. The van der Waals surface area contributed by atoms with Crippen molar-refractivity contribution in [3.63, 3.8) is 0 Å². The number of aromatic hydroxyl groups is 1. The van der Waals surface area contributed by atoms with Crippen molar-refractivity contribution in [1.29, 1.82) is 5.41 Å². The topological polar surface area (TPSA) is 97.7 Å². The molecule has 0 aliphatic carbocycles. The van der Waals surface area contributed by atoms with Crippen LogP contribution in [0.4, 0.5) is 5.69 Å². The maximum absolute atomic E-state index is 9.87. The molecule has 0 aromatic heterocycles. The molecule has 0 fully saturated rings. The van der Waals surface area contributed by atoms with Gasteiger partial charge in [-0.2, -0.15) is 5.10 Å². The summed E-state index contributed by atoms with van der Waals surface area (Å²) in [6, 6.07) is 5.39. The van der Waals surface area contributed by atoms with Crippen molar-refractivity contribution in [3.05, 3.63) is 23.8 Å². The first-order chi connectivity index (χ1) is 8.58. The van der Waals surface area contributed by atoms with E-state index in [2.05, 4.69) is 29.3 Å². The van der Waals surface area contributed by atoms with Gasteiger partial charge in [-0.25, -0.2) is 5.43 Å². The molecule has 5 N–H and O–H groups in total. The minimum absolute atomic E-state index is 0. The molecular formula is C12H20ClN5O. The molecule has 0 spiro atoms. The molecule has 1 aromatic rings. The van der Waals surface area contributed by atoms with Crippen LogP contribution in [-0.2, 0) is 0 Å². The van der Waals surface area contributed by atoms with E-state index in [0.717, 1.165) is 18.8 Å². The lowest BCUT2D eigenvalue weighted by atomic mass is 10.2. The summed E-state index contributed by atoms with van der Waals surface area (Å²) in [5.74, 6) is -0.0981. The largest absolute Gasteiger partial charge is 0.507 e. The first kappa shape index (κ1) is 17.1. The highest BCUT2D eigenvalue weighted by molar-refractivity contribution is 5.86. The molecule has 106 valence electrons. The minimum atomic E-state index is -0.245. The summed E-state index contributed by atoms with van der Waals surface area (Å²) < 4.78 is 0. The summed E-state index contributed by atoms with van der Waals surface area (Å²) in [6.45, 7) is 5.89. The van der Waals surface area contributed by atoms with Crippen molar-refractivity contribution in [2.75, 3.05) is 18.0 Å². The predicted octanol–water partition coefficient (Wildman–Crippen LogP) is 1.48. The number of hydrogen-bond donors (Lipinski definition) is 4. The van der Waals surface area contributed by atoms with Gasteiger partial charge in [-0.15, -0.1) is 12.4 Å². The molecule has 0 aliphatic rings. The second kappa shape index (κ2) is 8.20. The van der Waals surface area contributed by atoms with Gasteiger partial charge in [0.25, 0.3) is 0 Å². The van der Waals surface area contributed by atoms with Crippen LogP contribution in [0.2, 0.25) is 0 Å². The number of guanidine groups is 1. The van der Waals surface area contributed by atoms with Gasteiger partial charge in [0.05, 0.1) is 6.21 Å². The highest BCUT2D eigenvalue weighted by Gasteiger charge is 2.05. The lowest BCUT2D eigenvalue weighted by molar-refractivity contribution is 0.474. The Labute approximate surface area is 119 Å². The van der Waals surface area contributed by atoms with Crippen molar-refractivity contribution in [2.45, 2.75) is 13.8 Å². The number of nitrogens with zero attached hydrogens (tertiary/aromatic N) is 2. The summed E-state index contributed by atoms with van der Waals surface area (Å²) in [5, 5.41) is 20.5. The number of nitrogens with two attached hydrogens (primary N) is 1. The van der Waals surface area contributed by atoms with E-state index in [1.807, 2.05) is 6.07 Å². The molecule has 7 heteroatoms. The molecular weight excluding hydrogens is 266 g/mol. The van der Waals surface area contributed by atoms with Crippen LogP contribution in [0.15, 0.2) is 23.3 Å². The van der Waals surface area contributed by atoms with E-state index in [9.17, 15) is 5.11 Å². The Hall–Kier alpha value is -1.95. The Kier molecular flexibility index (Phi) is 7.36. The third-order valence-corrected chi connectivity index (χ3v) is 2.53. The fraction of sp³-hybridized carbons (Fsp3) is 0.333. The van der Waals surface area contributed by atoms with Crippen molar-refractivity contribution in [3.8, 4) is 5.75 Å². The molecule has 0 radical (unpaired) electrons. The van der Waals surface area contributed by atoms with Crippen LogP contribution >= 0.6 is 12.4 Å².